The zero-order chi connectivity index (χ0) is 40.9. The number of phenols is 1. The fraction of sp³-hybridized carbons (Fsp3) is 0.176. The van der Waals surface area contributed by atoms with E-state index < -0.39 is 51.6 Å². The van der Waals surface area contributed by atoms with Crippen molar-refractivity contribution in [3.8, 4) is 34.5 Å². The zero-order valence-corrected chi connectivity index (χ0v) is 35.3. The molecule has 4 aliphatic rings. The van der Waals surface area contributed by atoms with Crippen molar-refractivity contribution in [2.45, 2.75) is 25.0 Å². The smallest absolute Gasteiger partial charge is 0.446 e. The lowest BCUT2D eigenvalue weighted by Crippen LogP contribution is -2.36. The Morgan fingerprint density at radius 2 is 1.43 bits per heavy atom. The topological polar surface area (TPSA) is 266 Å². The average Bonchev–Trinajstić information content (AvgIpc) is 3.13. The molecule has 0 radical (unpaired) electrons. The first-order valence-electron chi connectivity index (χ1n) is 15.8. The Hall–Kier alpha value is -4.29. The van der Waals surface area contributed by atoms with Gasteiger partial charge in [-0.2, -0.15) is 8.42 Å². The number of hydrogen-bond acceptors (Lipinski definition) is 14. The first-order chi connectivity index (χ1) is 26.5. The largest absolute Gasteiger partial charge is 0.504 e. The molecule has 22 heteroatoms. The van der Waals surface area contributed by atoms with E-state index in [2.05, 4.69) is 84.7 Å². The van der Waals surface area contributed by atoms with Crippen molar-refractivity contribution in [3.63, 3.8) is 0 Å². The molecule has 296 valence electrons. The molecule has 2 unspecified atom stereocenters. The Balaban J connectivity index is 1.55. The molecule has 0 aliphatic carbocycles. The maximum atomic E-state index is 13.1. The van der Waals surface area contributed by atoms with Crippen LogP contribution in [0.5, 0.6) is 34.5 Å². The van der Waals surface area contributed by atoms with E-state index in [-0.39, 0.29) is 79.2 Å². The lowest BCUT2D eigenvalue weighted by molar-refractivity contribution is -0.116. The summed E-state index contributed by atoms with van der Waals surface area (Å²) in [5, 5.41) is 63.1. The van der Waals surface area contributed by atoms with E-state index in [9.17, 15) is 48.3 Å². The highest BCUT2D eigenvalue weighted by Crippen LogP contribution is 2.45. The van der Waals surface area contributed by atoms with Gasteiger partial charge >= 0.3 is 10.4 Å². The molecule has 0 fully saturated rings. The number of carbonyl (C=O) groups is 2. The van der Waals surface area contributed by atoms with Crippen molar-refractivity contribution in [2.75, 3.05) is 13.1 Å². The normalized spacial score (nSPS) is 18.7. The number of nitrogens with one attached hydrogen (secondary N) is 2. The molecule has 0 aromatic heterocycles. The van der Waals surface area contributed by atoms with Crippen molar-refractivity contribution in [2.24, 2.45) is 10.3 Å². The second kappa shape index (κ2) is 18.3. The Morgan fingerprint density at radius 3 is 2.07 bits per heavy atom. The molecule has 4 aromatic carbocycles. The van der Waals surface area contributed by atoms with Gasteiger partial charge in [-0.15, -0.1) is 0 Å². The van der Waals surface area contributed by atoms with Gasteiger partial charge in [0.1, 0.15) is 17.6 Å². The van der Waals surface area contributed by atoms with Crippen LogP contribution in [0.4, 0.5) is 0 Å². The molecule has 56 heavy (non-hydrogen) atoms. The lowest BCUT2D eigenvalue weighted by Gasteiger charge is -2.18. The molecule has 0 spiro atoms. The first kappa shape index (κ1) is 42.8. The number of aliphatic hydroxyl groups excluding tert-OH is 2. The summed E-state index contributed by atoms with van der Waals surface area (Å²) in [6.07, 6.45) is -3.16. The van der Waals surface area contributed by atoms with E-state index in [1.54, 1.807) is 12.1 Å². The standard InChI is InChI=1S/C34H28Br4N4O13S/c35-19-11-17-2-4-26(19)53-27-9-15(1-3-24(27)43)5-6-39-34(47)29(42-49)30(45)18-12-21(37)31(22(38)13-18)54-28-10-16(7-20(36)32(28)55-56(50,51)52)8-23(41-48)33(46)40-14-25(17)44/h1-4,7,9-13,25,30,43-45,48-49H,5-6,8,14H2,(H,39,47)(H,40,46)(H,50,51,52)/b41-23+,42-29+. The minimum atomic E-state index is -5.11. The van der Waals surface area contributed by atoms with Gasteiger partial charge in [-0.25, -0.2) is 0 Å². The van der Waals surface area contributed by atoms with E-state index in [4.69, 9.17) is 13.7 Å². The molecule has 0 saturated carbocycles. The number of oxime groups is 2. The van der Waals surface area contributed by atoms with Crippen LogP contribution in [0.25, 0.3) is 0 Å². The summed E-state index contributed by atoms with van der Waals surface area (Å²) in [5.74, 6) is -2.51. The average molecular weight is 1050 g/mol. The van der Waals surface area contributed by atoms with Crippen LogP contribution in [0.15, 0.2) is 88.9 Å². The van der Waals surface area contributed by atoms with Gasteiger partial charge in [-0.3, -0.25) is 14.1 Å². The summed E-state index contributed by atoms with van der Waals surface area (Å²) in [5.41, 5.74) is 0.141. The zero-order valence-electron chi connectivity index (χ0n) is 28.1. The van der Waals surface area contributed by atoms with Crippen molar-refractivity contribution in [1.29, 1.82) is 0 Å². The number of aromatic hydroxyl groups is 1. The summed E-state index contributed by atoms with van der Waals surface area (Å²) in [6.45, 7) is -0.308. The number of benzene rings is 4. The number of amides is 2. The van der Waals surface area contributed by atoms with Gasteiger partial charge < -0.3 is 50.0 Å². The predicted octanol–water partition coefficient (Wildman–Crippen LogP) is 5.97. The van der Waals surface area contributed by atoms with Crippen molar-refractivity contribution >= 4 is 97.4 Å². The van der Waals surface area contributed by atoms with E-state index in [0.717, 1.165) is 0 Å². The monoisotopic (exact) mass is 1050 g/mol. The molecule has 2 amide bonds. The molecule has 17 nitrogen and oxygen atoms in total. The summed E-state index contributed by atoms with van der Waals surface area (Å²) in [7, 11) is -5.11. The maximum Gasteiger partial charge on any atom is 0.446 e. The molecule has 4 heterocycles. The fourth-order valence-corrected chi connectivity index (χ4v) is 8.13. The summed E-state index contributed by atoms with van der Waals surface area (Å²) >= 11 is 13.2. The molecular formula is C34H28Br4N4O13S. The highest BCUT2D eigenvalue weighted by atomic mass is 79.9. The SMILES string of the molecule is O=C1NCC(O)c2ccc(c(Br)c2)Oc2cc(ccc2O)CCNC(=O)/C(=N/O)C(O)c2cc(Br)c(c(Br)c2)Oc2cc(cc(Br)c2OS(=O)(=O)O)C/C1=N\O. The number of nitrogens with zero attached hydrogens (tertiary/aromatic N) is 2. The molecule has 2 atom stereocenters. The minimum absolute atomic E-state index is 0.00993. The van der Waals surface area contributed by atoms with E-state index in [0.29, 0.717) is 15.6 Å². The van der Waals surface area contributed by atoms with Crippen LogP contribution in [-0.4, -0.2) is 75.0 Å². The van der Waals surface area contributed by atoms with Gasteiger partial charge in [0.15, 0.2) is 28.7 Å². The van der Waals surface area contributed by atoms with E-state index >= 15 is 0 Å². The molecule has 8 N–H and O–H groups in total. The third-order valence-electron chi connectivity index (χ3n) is 7.90. The van der Waals surface area contributed by atoms with Crippen molar-refractivity contribution < 1.29 is 62.0 Å². The van der Waals surface area contributed by atoms with Crippen LogP contribution in [0.3, 0.4) is 0 Å². The predicted molar refractivity (Wildman–Crippen MR) is 212 cm³/mol. The third-order valence-corrected chi connectivity index (χ3v) is 10.7. The molecule has 4 aliphatic heterocycles. The second-order valence-electron chi connectivity index (χ2n) is 11.8. The lowest BCUT2D eigenvalue weighted by atomic mass is 10.0. The highest BCUT2D eigenvalue weighted by Gasteiger charge is 2.27. The Morgan fingerprint density at radius 1 is 0.750 bits per heavy atom. The molecule has 8 bridgehead atoms. The molecule has 8 rings (SSSR count). The number of ether oxygens (including phenoxy) is 2. The summed E-state index contributed by atoms with van der Waals surface area (Å²) in [6, 6.07) is 14.3. The van der Waals surface area contributed by atoms with Gasteiger partial charge in [-0.05, 0) is 141 Å². The first-order valence-corrected chi connectivity index (χ1v) is 20.3. The van der Waals surface area contributed by atoms with Crippen LogP contribution in [-0.2, 0) is 32.8 Å². The van der Waals surface area contributed by atoms with Crippen LogP contribution in [0.2, 0.25) is 0 Å². The van der Waals surface area contributed by atoms with Crippen LogP contribution in [0, 0.1) is 0 Å². The summed E-state index contributed by atoms with van der Waals surface area (Å²) < 4.78 is 50.3. The van der Waals surface area contributed by atoms with Crippen LogP contribution >= 0.6 is 63.7 Å². The van der Waals surface area contributed by atoms with Gasteiger partial charge in [-0.1, -0.05) is 22.4 Å². The van der Waals surface area contributed by atoms with Gasteiger partial charge in [0.2, 0.25) is 5.75 Å². The second-order valence-corrected chi connectivity index (χ2v) is 16.2. The number of hydrogen-bond donors (Lipinski definition) is 8. The minimum Gasteiger partial charge on any atom is -0.504 e. The van der Waals surface area contributed by atoms with Crippen molar-refractivity contribution in [1.82, 2.24) is 10.6 Å². The number of aliphatic hydroxyl groups is 2. The van der Waals surface area contributed by atoms with E-state index in [1.165, 1.54) is 48.5 Å². The number of halogens is 4. The highest BCUT2D eigenvalue weighted by molar-refractivity contribution is 9.11. The fourth-order valence-electron chi connectivity index (χ4n) is 5.21. The van der Waals surface area contributed by atoms with Crippen LogP contribution in [0.1, 0.15) is 34.5 Å². The quantitative estimate of drug-likeness (QED) is 0.0655. The molecule has 0 saturated heterocycles. The third kappa shape index (κ3) is 10.6. The Kier molecular flexibility index (Phi) is 14.0. The number of rotatable bonds is 2. The molecular weight excluding hydrogens is 1020 g/mol. The summed E-state index contributed by atoms with van der Waals surface area (Å²) in [4.78, 5) is 26.2. The number of carbonyl (C=O) groups excluding carboxylic acids is 2. The Bertz CT molecular complexity index is 2340. The van der Waals surface area contributed by atoms with Crippen LogP contribution < -0.4 is 24.3 Å². The van der Waals surface area contributed by atoms with Gasteiger partial charge in [0, 0.05) is 19.5 Å². The maximum absolute atomic E-state index is 13.1. The number of phenolic OH excluding ortho intramolecular Hbond substituents is 1. The van der Waals surface area contributed by atoms with Crippen molar-refractivity contribution in [3.05, 3.63) is 101 Å². The van der Waals surface area contributed by atoms with Gasteiger partial charge in [0.05, 0.1) is 24.0 Å². The Labute approximate surface area is 351 Å². The van der Waals surface area contributed by atoms with Gasteiger partial charge in [0.25, 0.3) is 11.8 Å². The van der Waals surface area contributed by atoms with E-state index in [1.807, 2.05) is 0 Å². The molecule has 4 aromatic rings.